The molecule has 1 fully saturated rings. The summed E-state index contributed by atoms with van der Waals surface area (Å²) in [4.78, 5) is 36.4. The quantitative estimate of drug-likeness (QED) is 0.442. The molecule has 4 unspecified atom stereocenters. The number of hydrogen-bond donors (Lipinski definition) is 1. The summed E-state index contributed by atoms with van der Waals surface area (Å²) >= 11 is 5.52. The number of halogens is 1. The highest BCUT2D eigenvalue weighted by atomic mass is 35.5. The smallest absolute Gasteiger partial charge is 0.347 e. The molecule has 1 aromatic heterocycles. The molecular formula is C19H15ClO9. The van der Waals surface area contributed by atoms with Crippen molar-refractivity contribution in [3.8, 4) is 11.5 Å². The summed E-state index contributed by atoms with van der Waals surface area (Å²) in [7, 11) is 1.45. The van der Waals surface area contributed by atoms with Crippen molar-refractivity contribution in [2.24, 2.45) is 0 Å². The van der Waals surface area contributed by atoms with Gasteiger partial charge in [0.15, 0.2) is 18.2 Å². The number of carbonyl (C=O) groups is 2. The Balaban J connectivity index is 1.76. The Bertz CT molecular complexity index is 1120. The van der Waals surface area contributed by atoms with E-state index in [1.807, 2.05) is 0 Å². The first-order valence-corrected chi connectivity index (χ1v) is 9.47. The van der Waals surface area contributed by atoms with Gasteiger partial charge in [0, 0.05) is 12.5 Å². The number of aryl methyl sites for hydroxylation is 1. The average Bonchev–Trinajstić information content (AvgIpc) is 3.34. The van der Waals surface area contributed by atoms with Crippen LogP contribution in [0.1, 0.15) is 33.8 Å². The molecular weight excluding hydrogens is 408 g/mol. The van der Waals surface area contributed by atoms with Crippen molar-refractivity contribution in [3.05, 3.63) is 33.2 Å². The lowest BCUT2D eigenvalue weighted by Gasteiger charge is -2.20. The standard InChI is InChI=1S/C19H15ClO9/c1-25-8-4-9-13(14-16(27-10(22)5-20)18(24)29-19(14)26-9)15-12(8)6-2-3-7(21)11(6)17(23)28-15/h4,14,16,18-19,24H,2-3,5H2,1H3. The summed E-state index contributed by atoms with van der Waals surface area (Å²) in [6.07, 6.45) is -2.91. The molecule has 3 heterocycles. The molecule has 0 saturated carbocycles. The highest BCUT2D eigenvalue weighted by molar-refractivity contribution is 6.26. The Kier molecular flexibility index (Phi) is 4.09. The fraction of sp³-hybridized carbons (Fsp3) is 0.421. The molecule has 152 valence electrons. The zero-order chi connectivity index (χ0) is 20.4. The molecule has 4 atom stereocenters. The number of aliphatic hydroxyl groups is 1. The van der Waals surface area contributed by atoms with Crippen LogP contribution in [0.4, 0.5) is 0 Å². The van der Waals surface area contributed by atoms with Crippen LogP contribution in [0.2, 0.25) is 0 Å². The van der Waals surface area contributed by atoms with Gasteiger partial charge in [-0.25, -0.2) is 4.79 Å². The monoisotopic (exact) mass is 422 g/mol. The Morgan fingerprint density at radius 1 is 1.34 bits per heavy atom. The van der Waals surface area contributed by atoms with Gasteiger partial charge in [0.1, 0.15) is 28.5 Å². The number of ketones is 1. The predicted octanol–water partition coefficient (Wildman–Crippen LogP) is 1.23. The lowest BCUT2D eigenvalue weighted by Crippen LogP contribution is -2.31. The van der Waals surface area contributed by atoms with Crippen molar-refractivity contribution in [1.29, 1.82) is 0 Å². The van der Waals surface area contributed by atoms with Gasteiger partial charge in [0.05, 0.1) is 24.0 Å². The maximum atomic E-state index is 12.5. The average molecular weight is 423 g/mol. The number of esters is 1. The zero-order valence-corrected chi connectivity index (χ0v) is 15.9. The summed E-state index contributed by atoms with van der Waals surface area (Å²) in [5.41, 5.74) is 0.406. The molecule has 10 heteroatoms. The number of benzene rings is 1. The lowest BCUT2D eigenvalue weighted by atomic mass is 9.92. The minimum Gasteiger partial charge on any atom is -0.496 e. The van der Waals surface area contributed by atoms with Crippen LogP contribution in [0.5, 0.6) is 11.5 Å². The Morgan fingerprint density at radius 2 is 2.14 bits per heavy atom. The molecule has 5 rings (SSSR count). The molecule has 1 aliphatic carbocycles. The molecule has 9 nitrogen and oxygen atoms in total. The summed E-state index contributed by atoms with van der Waals surface area (Å²) in [5, 5.41) is 10.7. The van der Waals surface area contributed by atoms with Gasteiger partial charge in [0.25, 0.3) is 0 Å². The first kappa shape index (κ1) is 18.4. The zero-order valence-electron chi connectivity index (χ0n) is 15.1. The summed E-state index contributed by atoms with van der Waals surface area (Å²) in [5.74, 6) is -1.47. The topological polar surface area (TPSA) is 122 Å². The van der Waals surface area contributed by atoms with E-state index < -0.39 is 42.1 Å². The van der Waals surface area contributed by atoms with Crippen molar-refractivity contribution in [2.45, 2.75) is 37.4 Å². The number of rotatable bonds is 3. The lowest BCUT2D eigenvalue weighted by molar-refractivity contribution is -0.181. The maximum Gasteiger partial charge on any atom is 0.347 e. The van der Waals surface area contributed by atoms with Crippen LogP contribution in [0.25, 0.3) is 11.0 Å². The van der Waals surface area contributed by atoms with Gasteiger partial charge in [-0.2, -0.15) is 0 Å². The third-order valence-corrected chi connectivity index (χ3v) is 5.72. The molecule has 1 saturated heterocycles. The van der Waals surface area contributed by atoms with Gasteiger partial charge in [-0.1, -0.05) is 0 Å². The maximum absolute atomic E-state index is 12.5. The van der Waals surface area contributed by atoms with Crippen molar-refractivity contribution >= 4 is 34.3 Å². The van der Waals surface area contributed by atoms with Gasteiger partial charge >= 0.3 is 11.6 Å². The molecule has 0 bridgehead atoms. The van der Waals surface area contributed by atoms with E-state index in [4.69, 9.17) is 35.0 Å². The van der Waals surface area contributed by atoms with E-state index in [0.717, 1.165) is 0 Å². The molecule has 1 N–H and O–H groups in total. The summed E-state index contributed by atoms with van der Waals surface area (Å²) < 4.78 is 27.4. The number of fused-ring (bicyclic) bond motifs is 7. The molecule has 0 radical (unpaired) electrons. The van der Waals surface area contributed by atoms with Crippen LogP contribution in [-0.2, 0) is 20.7 Å². The number of ether oxygens (including phenoxy) is 4. The third kappa shape index (κ3) is 2.51. The highest BCUT2D eigenvalue weighted by Crippen LogP contribution is 2.52. The van der Waals surface area contributed by atoms with E-state index in [2.05, 4.69) is 0 Å². The van der Waals surface area contributed by atoms with Gasteiger partial charge in [-0.15, -0.1) is 11.6 Å². The minimum atomic E-state index is -1.44. The van der Waals surface area contributed by atoms with E-state index >= 15 is 0 Å². The van der Waals surface area contributed by atoms with Crippen molar-refractivity contribution in [1.82, 2.24) is 0 Å². The van der Waals surface area contributed by atoms with Crippen LogP contribution in [0.15, 0.2) is 15.3 Å². The largest absolute Gasteiger partial charge is 0.496 e. The van der Waals surface area contributed by atoms with E-state index in [0.29, 0.717) is 34.4 Å². The number of aliphatic hydroxyl groups excluding tert-OH is 1. The fourth-order valence-electron chi connectivity index (χ4n) is 4.35. The number of methoxy groups -OCH3 is 1. The van der Waals surface area contributed by atoms with Crippen molar-refractivity contribution in [3.63, 3.8) is 0 Å². The van der Waals surface area contributed by atoms with Crippen LogP contribution < -0.4 is 15.1 Å². The number of alkyl halides is 1. The Hall–Kier alpha value is -2.62. The second kappa shape index (κ2) is 6.45. The van der Waals surface area contributed by atoms with Crippen LogP contribution in [-0.4, -0.2) is 48.5 Å². The summed E-state index contributed by atoms with van der Waals surface area (Å²) in [6.45, 7) is 0. The first-order valence-electron chi connectivity index (χ1n) is 8.94. The SMILES string of the molecule is COc1cc2c(c3oc(=O)c4c(c13)CCC4=O)C1C(O2)OC(O)C1OC(=O)CCl. The van der Waals surface area contributed by atoms with Crippen molar-refractivity contribution in [2.75, 3.05) is 13.0 Å². The molecule has 2 aliphatic heterocycles. The van der Waals surface area contributed by atoms with E-state index in [9.17, 15) is 19.5 Å². The van der Waals surface area contributed by atoms with Crippen LogP contribution in [0, 0.1) is 0 Å². The Morgan fingerprint density at radius 3 is 2.86 bits per heavy atom. The molecule has 29 heavy (non-hydrogen) atoms. The molecule has 3 aliphatic rings. The van der Waals surface area contributed by atoms with Crippen LogP contribution >= 0.6 is 11.6 Å². The Labute approximate surface area is 168 Å². The van der Waals surface area contributed by atoms with Crippen LogP contribution in [0.3, 0.4) is 0 Å². The van der Waals surface area contributed by atoms with Gasteiger partial charge in [-0.05, 0) is 12.0 Å². The van der Waals surface area contributed by atoms with E-state index in [1.54, 1.807) is 6.07 Å². The number of Topliss-reactive ketones (excluding diaryl/α,β-unsaturated/α-hetero) is 1. The fourth-order valence-corrected chi connectivity index (χ4v) is 4.42. The number of hydrogen-bond acceptors (Lipinski definition) is 9. The highest BCUT2D eigenvalue weighted by Gasteiger charge is 2.55. The number of carbonyl (C=O) groups excluding carboxylic acids is 2. The molecule has 2 aromatic rings. The second-order valence-electron chi connectivity index (χ2n) is 6.99. The molecule has 0 spiro atoms. The first-order chi connectivity index (χ1) is 13.9. The van der Waals surface area contributed by atoms with E-state index in [-0.39, 0.29) is 23.4 Å². The normalized spacial score (nSPS) is 26.8. The van der Waals surface area contributed by atoms with Gasteiger partial charge in [0.2, 0.25) is 6.29 Å². The summed E-state index contributed by atoms with van der Waals surface area (Å²) in [6, 6.07) is 1.61. The predicted molar refractivity (Wildman–Crippen MR) is 96.5 cm³/mol. The van der Waals surface area contributed by atoms with Gasteiger partial charge < -0.3 is 28.5 Å². The van der Waals surface area contributed by atoms with E-state index in [1.165, 1.54) is 7.11 Å². The minimum absolute atomic E-state index is 0.0269. The molecule has 0 amide bonds. The second-order valence-corrected chi connectivity index (χ2v) is 7.26. The molecule has 1 aromatic carbocycles. The van der Waals surface area contributed by atoms with Crippen molar-refractivity contribution < 1.29 is 38.1 Å². The van der Waals surface area contributed by atoms with Gasteiger partial charge in [-0.3, -0.25) is 9.59 Å². The third-order valence-electron chi connectivity index (χ3n) is 5.50.